The summed E-state index contributed by atoms with van der Waals surface area (Å²) in [6.45, 7) is 4.83. The minimum Gasteiger partial charge on any atom is -0.507 e. The van der Waals surface area contributed by atoms with E-state index < -0.39 is 0 Å². The third kappa shape index (κ3) is 3.31. The van der Waals surface area contributed by atoms with Crippen molar-refractivity contribution in [3.63, 3.8) is 0 Å². The van der Waals surface area contributed by atoms with Crippen molar-refractivity contribution in [3.8, 4) is 5.75 Å². The lowest BCUT2D eigenvalue weighted by atomic mass is 10.1. The second kappa shape index (κ2) is 6.50. The normalized spacial score (nSPS) is 15.9. The Labute approximate surface area is 134 Å². The molecule has 0 fully saturated rings. The Kier molecular flexibility index (Phi) is 4.45. The van der Waals surface area contributed by atoms with E-state index in [1.165, 1.54) is 10.6 Å². The lowest BCUT2D eigenvalue weighted by molar-refractivity contribution is 0.318. The van der Waals surface area contributed by atoms with Crippen LogP contribution >= 0.6 is 11.3 Å². The van der Waals surface area contributed by atoms with E-state index >= 15 is 0 Å². The van der Waals surface area contributed by atoms with Crippen LogP contribution in [0.5, 0.6) is 5.75 Å². The molecular formula is C17H21N3OS. The molecule has 0 radical (unpaired) electrons. The number of phenols is 1. The number of fused-ring (bicyclic) bond motifs is 1. The summed E-state index contributed by atoms with van der Waals surface area (Å²) in [6, 6.07) is 5.82. The average Bonchev–Trinajstić information content (AvgIpc) is 2.75. The van der Waals surface area contributed by atoms with Crippen molar-refractivity contribution < 1.29 is 5.11 Å². The molecule has 0 atom stereocenters. The zero-order chi connectivity index (χ0) is 15.5. The number of hydrogen-bond donors (Lipinski definition) is 2. The summed E-state index contributed by atoms with van der Waals surface area (Å²) in [5.74, 6) is 0.372. The van der Waals surface area contributed by atoms with E-state index in [9.17, 15) is 5.11 Å². The molecule has 1 aliphatic rings. The van der Waals surface area contributed by atoms with Crippen LogP contribution in [0.3, 0.4) is 0 Å². The molecule has 116 valence electrons. The Bertz CT molecular complexity index is 668. The molecule has 2 aromatic rings. The number of nitrogens with two attached hydrogens (primary N) is 1. The molecule has 22 heavy (non-hydrogen) atoms. The quantitative estimate of drug-likeness (QED) is 0.914. The van der Waals surface area contributed by atoms with E-state index in [-0.39, 0.29) is 0 Å². The minimum absolute atomic E-state index is 0.372. The highest BCUT2D eigenvalue weighted by atomic mass is 32.1. The Balaban J connectivity index is 1.59. The van der Waals surface area contributed by atoms with Crippen LogP contribution in [0.2, 0.25) is 0 Å². The van der Waals surface area contributed by atoms with Crippen LogP contribution in [0.25, 0.3) is 6.08 Å². The SMILES string of the molecule is Cc1cccc(C=CCN2CCc3nc(N)sc3CC2)c1O. The average molecular weight is 315 g/mol. The van der Waals surface area contributed by atoms with E-state index in [0.717, 1.165) is 43.6 Å². The number of phenolic OH excluding ortho intramolecular Hbond substituents is 1. The first-order valence-corrected chi connectivity index (χ1v) is 8.36. The first kappa shape index (κ1) is 15.1. The molecule has 0 aliphatic carbocycles. The van der Waals surface area contributed by atoms with Gasteiger partial charge >= 0.3 is 0 Å². The van der Waals surface area contributed by atoms with E-state index in [0.29, 0.717) is 10.9 Å². The number of aryl methyl sites for hydroxylation is 1. The van der Waals surface area contributed by atoms with Crippen molar-refractivity contribution in [1.82, 2.24) is 9.88 Å². The third-order valence-electron chi connectivity index (χ3n) is 4.04. The largest absolute Gasteiger partial charge is 0.507 e. The number of aromatic nitrogens is 1. The first-order chi connectivity index (χ1) is 10.6. The van der Waals surface area contributed by atoms with Gasteiger partial charge in [-0.25, -0.2) is 4.98 Å². The number of para-hydroxylation sites is 1. The standard InChI is InChI=1S/C17H21N3OS/c1-12-4-2-5-13(16(12)21)6-3-9-20-10-7-14-15(8-11-20)22-17(18)19-14/h2-6,21H,7-11H2,1H3,(H2,18,19). The fourth-order valence-electron chi connectivity index (χ4n) is 2.76. The molecule has 0 saturated carbocycles. The molecule has 4 nitrogen and oxygen atoms in total. The van der Waals surface area contributed by atoms with Gasteiger partial charge in [0.25, 0.3) is 0 Å². The van der Waals surface area contributed by atoms with Gasteiger partial charge in [-0.3, -0.25) is 4.90 Å². The summed E-state index contributed by atoms with van der Waals surface area (Å²) in [4.78, 5) is 8.16. The van der Waals surface area contributed by atoms with Gasteiger partial charge in [-0.05, 0) is 18.9 Å². The van der Waals surface area contributed by atoms with Gasteiger partial charge in [0.2, 0.25) is 0 Å². The van der Waals surface area contributed by atoms with Gasteiger partial charge in [0.15, 0.2) is 5.13 Å². The van der Waals surface area contributed by atoms with Crippen LogP contribution in [0.4, 0.5) is 5.13 Å². The summed E-state index contributed by atoms with van der Waals surface area (Å²) < 4.78 is 0. The highest BCUT2D eigenvalue weighted by molar-refractivity contribution is 7.15. The molecule has 0 spiro atoms. The minimum atomic E-state index is 0.372. The first-order valence-electron chi connectivity index (χ1n) is 7.55. The third-order valence-corrected chi connectivity index (χ3v) is 5.03. The van der Waals surface area contributed by atoms with Gasteiger partial charge in [-0.2, -0.15) is 0 Å². The van der Waals surface area contributed by atoms with Crippen LogP contribution in [-0.4, -0.2) is 34.6 Å². The highest BCUT2D eigenvalue weighted by Crippen LogP contribution is 2.25. The summed E-state index contributed by atoms with van der Waals surface area (Å²) in [7, 11) is 0. The molecule has 0 unspecified atom stereocenters. The number of hydrogen-bond acceptors (Lipinski definition) is 5. The number of anilines is 1. The Morgan fingerprint density at radius 3 is 3.05 bits per heavy atom. The predicted octanol–water partition coefficient (Wildman–Crippen LogP) is 2.85. The zero-order valence-corrected chi connectivity index (χ0v) is 13.6. The number of rotatable bonds is 3. The van der Waals surface area contributed by atoms with Crippen LogP contribution in [-0.2, 0) is 12.8 Å². The maximum absolute atomic E-state index is 10.0. The number of thiazole rings is 1. The number of aromatic hydroxyl groups is 1. The van der Waals surface area contributed by atoms with Crippen molar-refractivity contribution in [2.75, 3.05) is 25.4 Å². The predicted molar refractivity (Wildman–Crippen MR) is 92.3 cm³/mol. The van der Waals surface area contributed by atoms with Crippen molar-refractivity contribution in [2.24, 2.45) is 0 Å². The molecule has 3 N–H and O–H groups in total. The number of nitrogens with zero attached hydrogens (tertiary/aromatic N) is 2. The smallest absolute Gasteiger partial charge is 0.180 e. The van der Waals surface area contributed by atoms with E-state index in [4.69, 9.17) is 5.73 Å². The summed E-state index contributed by atoms with van der Waals surface area (Å²) >= 11 is 1.62. The van der Waals surface area contributed by atoms with Crippen molar-refractivity contribution in [1.29, 1.82) is 0 Å². The molecule has 1 aromatic heterocycles. The number of nitrogen functional groups attached to an aromatic ring is 1. The molecule has 0 saturated heterocycles. The molecule has 1 aromatic carbocycles. The lowest BCUT2D eigenvalue weighted by Gasteiger charge is -2.17. The van der Waals surface area contributed by atoms with Gasteiger partial charge in [0.1, 0.15) is 5.75 Å². The monoisotopic (exact) mass is 315 g/mol. The van der Waals surface area contributed by atoms with Crippen LogP contribution < -0.4 is 5.73 Å². The molecule has 0 amide bonds. The Morgan fingerprint density at radius 1 is 1.36 bits per heavy atom. The van der Waals surface area contributed by atoms with Gasteiger partial charge in [0, 0.05) is 36.5 Å². The molecule has 3 rings (SSSR count). The molecule has 2 heterocycles. The second-order valence-electron chi connectivity index (χ2n) is 5.64. The van der Waals surface area contributed by atoms with Crippen LogP contribution in [0, 0.1) is 6.92 Å². The van der Waals surface area contributed by atoms with Crippen LogP contribution in [0.1, 0.15) is 21.7 Å². The topological polar surface area (TPSA) is 62.4 Å². The van der Waals surface area contributed by atoms with E-state index in [1.54, 1.807) is 11.3 Å². The molecule has 5 heteroatoms. The second-order valence-corrected chi connectivity index (χ2v) is 6.75. The van der Waals surface area contributed by atoms with Gasteiger partial charge in [0.05, 0.1) is 5.69 Å². The Hall–Kier alpha value is -1.85. The zero-order valence-electron chi connectivity index (χ0n) is 12.7. The molecule has 0 bridgehead atoms. The number of benzene rings is 1. The molecular weight excluding hydrogens is 294 g/mol. The Morgan fingerprint density at radius 2 is 2.18 bits per heavy atom. The van der Waals surface area contributed by atoms with Gasteiger partial charge in [-0.1, -0.05) is 30.4 Å². The maximum atomic E-state index is 10.0. The lowest BCUT2D eigenvalue weighted by Crippen LogP contribution is -2.26. The van der Waals surface area contributed by atoms with E-state index in [2.05, 4.69) is 16.0 Å². The van der Waals surface area contributed by atoms with Gasteiger partial charge in [-0.15, -0.1) is 11.3 Å². The van der Waals surface area contributed by atoms with Crippen molar-refractivity contribution in [2.45, 2.75) is 19.8 Å². The highest BCUT2D eigenvalue weighted by Gasteiger charge is 2.16. The maximum Gasteiger partial charge on any atom is 0.180 e. The summed E-state index contributed by atoms with van der Waals surface area (Å²) in [5.41, 5.74) is 8.73. The fourth-order valence-corrected chi connectivity index (χ4v) is 3.62. The van der Waals surface area contributed by atoms with E-state index in [1.807, 2.05) is 31.2 Å². The molecule has 1 aliphatic heterocycles. The summed E-state index contributed by atoms with van der Waals surface area (Å²) in [5, 5.41) is 10.7. The van der Waals surface area contributed by atoms with Crippen LogP contribution in [0.15, 0.2) is 24.3 Å². The summed E-state index contributed by atoms with van der Waals surface area (Å²) in [6.07, 6.45) is 6.11. The van der Waals surface area contributed by atoms with Crippen molar-refractivity contribution >= 4 is 22.5 Å². The fraction of sp³-hybridized carbons (Fsp3) is 0.353. The van der Waals surface area contributed by atoms with Crippen molar-refractivity contribution in [3.05, 3.63) is 46.0 Å². The van der Waals surface area contributed by atoms with Gasteiger partial charge < -0.3 is 10.8 Å².